The van der Waals surface area contributed by atoms with E-state index < -0.39 is 6.04 Å². The van der Waals surface area contributed by atoms with Crippen molar-refractivity contribution in [3.8, 4) is 5.75 Å². The van der Waals surface area contributed by atoms with Gasteiger partial charge in [-0.1, -0.05) is 24.6 Å². The Morgan fingerprint density at radius 2 is 1.96 bits per heavy atom. The van der Waals surface area contributed by atoms with Gasteiger partial charge < -0.3 is 15.4 Å². The minimum Gasteiger partial charge on any atom is -0.484 e. The summed E-state index contributed by atoms with van der Waals surface area (Å²) in [6, 6.07) is 8.88. The predicted octanol–water partition coefficient (Wildman–Crippen LogP) is 3.24. The Kier molecular flexibility index (Phi) is 7.65. The van der Waals surface area contributed by atoms with Crippen LogP contribution in [0.15, 0.2) is 30.3 Å². The molecule has 2 amide bonds. The fourth-order valence-corrected chi connectivity index (χ4v) is 5.22. The molecule has 6 heteroatoms. The zero-order valence-electron chi connectivity index (χ0n) is 16.9. The molecule has 0 spiro atoms. The summed E-state index contributed by atoms with van der Waals surface area (Å²) in [7, 11) is 0. The van der Waals surface area contributed by atoms with Crippen molar-refractivity contribution in [3.05, 3.63) is 30.3 Å². The number of carbonyl (C=O) groups excluding carboxylic acids is 2. The maximum absolute atomic E-state index is 12.9. The van der Waals surface area contributed by atoms with Crippen molar-refractivity contribution < 1.29 is 14.3 Å². The third-order valence-corrected chi connectivity index (χ3v) is 6.82. The van der Waals surface area contributed by atoms with Crippen LogP contribution < -0.4 is 15.4 Å². The van der Waals surface area contributed by atoms with Gasteiger partial charge in [-0.2, -0.15) is 11.8 Å². The molecule has 5 nitrogen and oxygen atoms in total. The Bertz CT molecular complexity index is 654. The molecule has 0 saturated heterocycles. The second-order valence-corrected chi connectivity index (χ2v) is 9.12. The lowest BCUT2D eigenvalue weighted by Gasteiger charge is -2.30. The summed E-state index contributed by atoms with van der Waals surface area (Å²) in [4.78, 5) is 25.2. The molecule has 2 bridgehead atoms. The highest BCUT2D eigenvalue weighted by atomic mass is 32.2. The van der Waals surface area contributed by atoms with Gasteiger partial charge in [0.2, 0.25) is 5.91 Å². The van der Waals surface area contributed by atoms with Gasteiger partial charge in [0, 0.05) is 6.04 Å². The number of para-hydroxylation sites is 1. The van der Waals surface area contributed by atoms with Gasteiger partial charge in [-0.25, -0.2) is 0 Å². The molecule has 28 heavy (non-hydrogen) atoms. The van der Waals surface area contributed by atoms with Crippen LogP contribution in [0.1, 0.15) is 39.0 Å². The molecule has 1 aromatic rings. The maximum atomic E-state index is 12.9. The fourth-order valence-electron chi connectivity index (χ4n) is 4.74. The topological polar surface area (TPSA) is 67.4 Å². The van der Waals surface area contributed by atoms with Crippen LogP contribution in [0.2, 0.25) is 0 Å². The monoisotopic (exact) mass is 404 g/mol. The van der Waals surface area contributed by atoms with E-state index in [-0.39, 0.29) is 24.5 Å². The van der Waals surface area contributed by atoms with Crippen LogP contribution in [0, 0.1) is 17.8 Å². The smallest absolute Gasteiger partial charge is 0.258 e. The van der Waals surface area contributed by atoms with E-state index in [4.69, 9.17) is 4.74 Å². The van der Waals surface area contributed by atoms with Crippen LogP contribution >= 0.6 is 11.8 Å². The summed E-state index contributed by atoms with van der Waals surface area (Å²) in [5.41, 5.74) is 0. The second kappa shape index (κ2) is 10.2. The lowest BCUT2D eigenvalue weighted by molar-refractivity contribution is -0.130. The number of ether oxygens (including phenoxy) is 1. The Morgan fingerprint density at radius 3 is 2.61 bits per heavy atom. The van der Waals surface area contributed by atoms with Crippen LogP contribution in [0.4, 0.5) is 0 Å². The first-order chi connectivity index (χ1) is 13.6. The van der Waals surface area contributed by atoms with Crippen molar-refractivity contribution in [1.82, 2.24) is 10.6 Å². The van der Waals surface area contributed by atoms with Gasteiger partial charge in [-0.3, -0.25) is 9.59 Å². The maximum Gasteiger partial charge on any atom is 0.258 e. The highest BCUT2D eigenvalue weighted by Crippen LogP contribution is 2.49. The number of hydrogen-bond donors (Lipinski definition) is 2. The summed E-state index contributed by atoms with van der Waals surface area (Å²) in [5, 5.41) is 6.05. The second-order valence-electron chi connectivity index (χ2n) is 8.14. The molecule has 154 valence electrons. The van der Waals surface area contributed by atoms with E-state index in [9.17, 15) is 9.59 Å². The number of thioether (sulfide) groups is 1. The number of carbonyl (C=O) groups is 2. The molecule has 0 radical (unpaired) electrons. The first kappa shape index (κ1) is 21.0. The Labute approximate surface area is 172 Å². The predicted molar refractivity (Wildman–Crippen MR) is 113 cm³/mol. The van der Waals surface area contributed by atoms with Crippen LogP contribution in [0.25, 0.3) is 0 Å². The number of benzene rings is 1. The van der Waals surface area contributed by atoms with E-state index in [1.807, 2.05) is 36.6 Å². The van der Waals surface area contributed by atoms with Crippen molar-refractivity contribution in [2.45, 2.75) is 51.1 Å². The SMILES string of the molecule is CSCCC(NC(=O)COc1ccccc1)C(=O)NC(C)C1CC2CCC1C2. The van der Waals surface area contributed by atoms with Gasteiger partial charge in [0.15, 0.2) is 6.61 Å². The average Bonchev–Trinajstić information content (AvgIpc) is 3.34. The average molecular weight is 405 g/mol. The third-order valence-electron chi connectivity index (χ3n) is 6.18. The molecule has 2 N–H and O–H groups in total. The molecule has 3 rings (SSSR count). The van der Waals surface area contributed by atoms with E-state index in [2.05, 4.69) is 17.6 Å². The number of nitrogens with one attached hydrogen (secondary N) is 2. The molecule has 2 fully saturated rings. The van der Waals surface area contributed by atoms with Crippen molar-refractivity contribution in [3.63, 3.8) is 0 Å². The van der Waals surface area contributed by atoms with Gasteiger partial charge >= 0.3 is 0 Å². The first-order valence-corrected chi connectivity index (χ1v) is 11.7. The van der Waals surface area contributed by atoms with E-state index in [1.165, 1.54) is 25.7 Å². The van der Waals surface area contributed by atoms with Crippen LogP contribution in [-0.4, -0.2) is 42.5 Å². The van der Waals surface area contributed by atoms with E-state index in [1.54, 1.807) is 11.8 Å². The lowest BCUT2D eigenvalue weighted by Crippen LogP contribution is -2.52. The van der Waals surface area contributed by atoms with Crippen LogP contribution in [0.3, 0.4) is 0 Å². The van der Waals surface area contributed by atoms with Crippen LogP contribution in [-0.2, 0) is 9.59 Å². The summed E-state index contributed by atoms with van der Waals surface area (Å²) in [6.07, 6.45) is 7.85. The van der Waals surface area contributed by atoms with E-state index in [0.717, 1.165) is 17.6 Å². The minimum absolute atomic E-state index is 0.0719. The van der Waals surface area contributed by atoms with Gasteiger partial charge in [0.25, 0.3) is 5.91 Å². The molecule has 0 heterocycles. The zero-order valence-corrected chi connectivity index (χ0v) is 17.7. The van der Waals surface area contributed by atoms with Gasteiger partial charge in [0.05, 0.1) is 0 Å². The van der Waals surface area contributed by atoms with E-state index >= 15 is 0 Å². The Morgan fingerprint density at radius 1 is 1.18 bits per heavy atom. The summed E-state index contributed by atoms with van der Waals surface area (Å²) >= 11 is 1.68. The molecule has 5 atom stereocenters. The summed E-state index contributed by atoms with van der Waals surface area (Å²) in [5.74, 6) is 3.33. The fraction of sp³-hybridized carbons (Fsp3) is 0.636. The summed E-state index contributed by atoms with van der Waals surface area (Å²) < 4.78 is 5.50. The highest BCUT2D eigenvalue weighted by Gasteiger charge is 2.42. The summed E-state index contributed by atoms with van der Waals surface area (Å²) in [6.45, 7) is 2.03. The minimum atomic E-state index is -0.514. The molecular formula is C22H32N2O3S. The Hall–Kier alpha value is -1.69. The zero-order chi connectivity index (χ0) is 19.9. The molecule has 1 aromatic carbocycles. The molecule has 0 aliphatic heterocycles. The first-order valence-electron chi connectivity index (χ1n) is 10.3. The lowest BCUT2D eigenvalue weighted by atomic mass is 9.84. The highest BCUT2D eigenvalue weighted by molar-refractivity contribution is 7.98. The number of hydrogen-bond acceptors (Lipinski definition) is 4. The van der Waals surface area contributed by atoms with Crippen LogP contribution in [0.5, 0.6) is 5.75 Å². The molecule has 5 unspecified atom stereocenters. The number of fused-ring (bicyclic) bond motifs is 2. The molecule has 0 aromatic heterocycles. The number of amides is 2. The molecule has 2 aliphatic carbocycles. The molecular weight excluding hydrogens is 372 g/mol. The van der Waals surface area contributed by atoms with Crippen molar-refractivity contribution in [2.75, 3.05) is 18.6 Å². The van der Waals surface area contributed by atoms with Gasteiger partial charge in [-0.15, -0.1) is 0 Å². The normalized spacial score (nSPS) is 25.1. The van der Waals surface area contributed by atoms with Crippen molar-refractivity contribution in [2.24, 2.45) is 17.8 Å². The largest absolute Gasteiger partial charge is 0.484 e. The number of rotatable bonds is 10. The van der Waals surface area contributed by atoms with Gasteiger partial charge in [-0.05, 0) is 74.5 Å². The Balaban J connectivity index is 1.49. The third kappa shape index (κ3) is 5.66. The quantitative estimate of drug-likeness (QED) is 0.628. The molecule has 2 aliphatic rings. The van der Waals surface area contributed by atoms with E-state index in [0.29, 0.717) is 18.1 Å². The standard InChI is InChI=1S/C22H32N2O3S/c1-15(19-13-16-8-9-17(19)12-16)23-22(26)20(10-11-28-2)24-21(25)14-27-18-6-4-3-5-7-18/h3-7,15-17,19-20H,8-14H2,1-2H3,(H,23,26)(H,24,25). The van der Waals surface area contributed by atoms with Gasteiger partial charge in [0.1, 0.15) is 11.8 Å². The molecule has 2 saturated carbocycles. The van der Waals surface area contributed by atoms with Crippen molar-refractivity contribution >= 4 is 23.6 Å². The van der Waals surface area contributed by atoms with Crippen molar-refractivity contribution in [1.29, 1.82) is 0 Å².